The molecule has 0 aliphatic heterocycles. The highest BCUT2D eigenvalue weighted by Crippen LogP contribution is 2.30. The molecule has 0 N–H and O–H groups in total. The monoisotopic (exact) mass is 242 g/mol. The van der Waals surface area contributed by atoms with Crippen molar-refractivity contribution in [3.63, 3.8) is 0 Å². The highest BCUT2D eigenvalue weighted by molar-refractivity contribution is 7.81. The van der Waals surface area contributed by atoms with E-state index < -0.39 is 0 Å². The molecule has 76 valence electrons. The minimum Gasteiger partial charge on any atom is -0.294 e. The van der Waals surface area contributed by atoms with Crippen molar-refractivity contribution in [1.29, 1.82) is 0 Å². The average molecular weight is 242 g/mol. The van der Waals surface area contributed by atoms with E-state index in [1.165, 1.54) is 0 Å². The van der Waals surface area contributed by atoms with Crippen LogP contribution < -0.4 is 0 Å². The number of fused-ring (bicyclic) bond motifs is 2. The van der Waals surface area contributed by atoms with Crippen molar-refractivity contribution in [2.75, 3.05) is 0 Å². The Balaban J connectivity index is 2.33. The fraction of sp³-hybridized carbons (Fsp3) is 0.167. The van der Waals surface area contributed by atoms with Crippen molar-refractivity contribution in [3.05, 3.63) is 34.4 Å². The van der Waals surface area contributed by atoms with Gasteiger partial charge in [0.05, 0.1) is 0 Å². The average Bonchev–Trinajstić information content (AvgIpc) is 2.67. The first-order valence-corrected chi connectivity index (χ1v) is 5.84. The quantitative estimate of drug-likeness (QED) is 0.507. The maximum Gasteiger partial charge on any atom is 0.168 e. The molecule has 4 heteroatoms. The van der Waals surface area contributed by atoms with E-state index in [1.54, 1.807) is 12.1 Å². The zero-order valence-corrected chi connectivity index (χ0v) is 10.1. The summed E-state index contributed by atoms with van der Waals surface area (Å²) in [6.07, 6.45) is 0.689. The molecule has 1 aromatic rings. The lowest BCUT2D eigenvalue weighted by atomic mass is 10.0. The van der Waals surface area contributed by atoms with Crippen LogP contribution in [-0.4, -0.2) is 31.5 Å². The lowest BCUT2D eigenvalue weighted by Crippen LogP contribution is -1.99. The van der Waals surface area contributed by atoms with Gasteiger partial charge in [-0.1, -0.05) is 17.4 Å². The van der Waals surface area contributed by atoms with Crippen LogP contribution in [-0.2, 0) is 0 Å². The number of ketones is 2. The molecule has 0 amide bonds. The molecule has 0 spiro atoms. The van der Waals surface area contributed by atoms with E-state index in [2.05, 4.69) is 9.85 Å². The Morgan fingerprint density at radius 3 is 2.25 bits per heavy atom. The molecule has 2 nitrogen and oxygen atoms in total. The van der Waals surface area contributed by atoms with Gasteiger partial charge in [0.15, 0.2) is 11.6 Å². The van der Waals surface area contributed by atoms with Gasteiger partial charge in [0.25, 0.3) is 0 Å². The normalized spacial score (nSPS) is 18.0. The van der Waals surface area contributed by atoms with Crippen LogP contribution in [0.25, 0.3) is 0 Å². The molecule has 0 fully saturated rings. The van der Waals surface area contributed by atoms with E-state index in [-0.39, 0.29) is 11.6 Å². The lowest BCUT2D eigenvalue weighted by Gasteiger charge is -2.03. The minimum absolute atomic E-state index is 0.0571. The van der Waals surface area contributed by atoms with Crippen molar-refractivity contribution in [2.24, 2.45) is 0 Å². The fourth-order valence-corrected chi connectivity index (χ4v) is 2.90. The molecule has 1 aromatic carbocycles. The maximum absolute atomic E-state index is 11.7. The standard InChI is InChI=1S/C12H6O2SSi/c13-9-3-11(15)7-1-6-8(2-5(7)9)12(16)4-10(6)14/h1-2H,3-4H2. The maximum atomic E-state index is 11.7. The number of rotatable bonds is 0. The third-order valence-electron chi connectivity index (χ3n) is 3.04. The molecule has 16 heavy (non-hydrogen) atoms. The molecule has 2 radical (unpaired) electrons. The number of hydrogen-bond donors (Lipinski definition) is 0. The van der Waals surface area contributed by atoms with Crippen molar-refractivity contribution in [3.8, 4) is 0 Å². The number of Topliss-reactive ketones (excluding diaryl/α,β-unsaturated/α-hetero) is 2. The summed E-state index contributed by atoms with van der Waals surface area (Å²) in [7, 11) is 3.43. The summed E-state index contributed by atoms with van der Waals surface area (Å²) >= 11 is 5.14. The number of carbonyl (C=O) groups excluding carboxylic acids is 2. The van der Waals surface area contributed by atoms with Crippen LogP contribution in [0.1, 0.15) is 44.7 Å². The van der Waals surface area contributed by atoms with E-state index in [0.717, 1.165) is 16.3 Å². The Kier molecular flexibility index (Phi) is 1.93. The van der Waals surface area contributed by atoms with Crippen LogP contribution >= 0.6 is 12.2 Å². The van der Waals surface area contributed by atoms with Crippen molar-refractivity contribution < 1.29 is 9.59 Å². The summed E-state index contributed by atoms with van der Waals surface area (Å²) in [5, 5.41) is 0.855. The predicted molar refractivity (Wildman–Crippen MR) is 65.9 cm³/mol. The van der Waals surface area contributed by atoms with Crippen molar-refractivity contribution in [1.82, 2.24) is 0 Å². The molecular weight excluding hydrogens is 236 g/mol. The predicted octanol–water partition coefficient (Wildman–Crippen LogP) is 1.27. The SMILES string of the molecule is O=C1CC(=[Si])c2cc3c(cc21)C(=S)CC3=O. The van der Waals surface area contributed by atoms with Crippen LogP contribution in [0.15, 0.2) is 12.1 Å². The molecule has 2 aliphatic carbocycles. The summed E-state index contributed by atoms with van der Waals surface area (Å²) in [6, 6.07) is 3.56. The second-order valence-corrected chi connectivity index (χ2v) is 5.14. The van der Waals surface area contributed by atoms with E-state index >= 15 is 0 Å². The van der Waals surface area contributed by atoms with Gasteiger partial charge < -0.3 is 0 Å². The zero-order chi connectivity index (χ0) is 11.4. The summed E-state index contributed by atoms with van der Waals surface area (Å²) in [6.45, 7) is 0. The van der Waals surface area contributed by atoms with E-state index in [4.69, 9.17) is 12.2 Å². The molecular formula is C12H6O2SSi. The Hall–Kier alpha value is -1.26. The highest BCUT2D eigenvalue weighted by atomic mass is 32.1. The Morgan fingerprint density at radius 2 is 1.50 bits per heavy atom. The van der Waals surface area contributed by atoms with Gasteiger partial charge in [-0.15, -0.1) is 0 Å². The second kappa shape index (κ2) is 3.12. The van der Waals surface area contributed by atoms with E-state index in [1.807, 2.05) is 0 Å². The van der Waals surface area contributed by atoms with E-state index in [0.29, 0.717) is 28.8 Å². The van der Waals surface area contributed by atoms with Gasteiger partial charge in [-0.3, -0.25) is 9.59 Å². The van der Waals surface area contributed by atoms with Gasteiger partial charge in [-0.25, -0.2) is 0 Å². The van der Waals surface area contributed by atoms with Crippen LogP contribution in [0.5, 0.6) is 0 Å². The molecule has 0 unspecified atom stereocenters. The van der Waals surface area contributed by atoms with Gasteiger partial charge >= 0.3 is 0 Å². The van der Waals surface area contributed by atoms with Gasteiger partial charge in [0.2, 0.25) is 0 Å². The number of carbonyl (C=O) groups is 2. The molecule has 3 rings (SSSR count). The van der Waals surface area contributed by atoms with E-state index in [9.17, 15) is 9.59 Å². The number of hydrogen-bond acceptors (Lipinski definition) is 3. The van der Waals surface area contributed by atoms with Gasteiger partial charge in [-0.05, 0) is 17.7 Å². The molecule has 0 saturated heterocycles. The molecule has 0 aromatic heterocycles. The Bertz CT molecular complexity index is 501. The lowest BCUT2D eigenvalue weighted by molar-refractivity contribution is 0.0995. The molecule has 0 atom stereocenters. The third kappa shape index (κ3) is 1.17. The summed E-state index contributed by atoms with van der Waals surface area (Å²) < 4.78 is 0. The highest BCUT2D eigenvalue weighted by Gasteiger charge is 2.30. The number of benzene rings is 1. The minimum atomic E-state index is 0.0571. The first-order chi connectivity index (χ1) is 7.58. The van der Waals surface area contributed by atoms with Crippen LogP contribution in [0, 0.1) is 0 Å². The number of thiocarbonyl (C=S) groups is 1. The first-order valence-electron chi connectivity index (χ1n) is 4.93. The summed E-state index contributed by atoms with van der Waals surface area (Å²) in [4.78, 5) is 24.0. The molecule has 0 bridgehead atoms. The smallest absolute Gasteiger partial charge is 0.168 e. The van der Waals surface area contributed by atoms with Crippen LogP contribution in [0.4, 0.5) is 0 Å². The van der Waals surface area contributed by atoms with Gasteiger partial charge in [-0.2, -0.15) is 0 Å². The molecule has 0 saturated carbocycles. The van der Waals surface area contributed by atoms with Crippen molar-refractivity contribution in [2.45, 2.75) is 12.8 Å². The largest absolute Gasteiger partial charge is 0.294 e. The van der Waals surface area contributed by atoms with Crippen LogP contribution in [0.3, 0.4) is 0 Å². The second-order valence-electron chi connectivity index (χ2n) is 4.05. The first kappa shape index (κ1) is 9.93. The Labute approximate surface area is 101 Å². The summed E-state index contributed by atoms with van der Waals surface area (Å²) in [5.41, 5.74) is 2.96. The topological polar surface area (TPSA) is 34.1 Å². The van der Waals surface area contributed by atoms with Crippen LogP contribution in [0.2, 0.25) is 0 Å². The summed E-state index contributed by atoms with van der Waals surface area (Å²) in [5.74, 6) is 0.145. The fourth-order valence-electron chi connectivity index (χ4n) is 2.23. The third-order valence-corrected chi connectivity index (χ3v) is 3.85. The van der Waals surface area contributed by atoms with Gasteiger partial charge in [0.1, 0.15) is 0 Å². The van der Waals surface area contributed by atoms with Crippen molar-refractivity contribution >= 4 is 43.7 Å². The molecule has 0 heterocycles. The van der Waals surface area contributed by atoms with Gasteiger partial charge in [0, 0.05) is 44.3 Å². The Morgan fingerprint density at radius 1 is 0.938 bits per heavy atom. The zero-order valence-electron chi connectivity index (χ0n) is 8.29. The molecule has 2 aliphatic rings.